The lowest BCUT2D eigenvalue weighted by molar-refractivity contribution is -0.116. The van der Waals surface area contributed by atoms with E-state index >= 15 is 0 Å². The molecule has 0 heterocycles. The van der Waals surface area contributed by atoms with E-state index in [1.165, 1.54) is 10.5 Å². The highest BCUT2D eigenvalue weighted by molar-refractivity contribution is 7.98. The highest BCUT2D eigenvalue weighted by Gasteiger charge is 1.97. The predicted molar refractivity (Wildman–Crippen MR) is 57.2 cm³/mol. The minimum absolute atomic E-state index is 0.259. The van der Waals surface area contributed by atoms with Gasteiger partial charge in [0, 0.05) is 11.3 Å². The lowest BCUT2D eigenvalue weighted by Crippen LogP contribution is -1.93. The van der Waals surface area contributed by atoms with Crippen molar-refractivity contribution in [1.82, 2.24) is 0 Å². The average Bonchev–Trinajstić information content (AvgIpc) is 2.15. The summed E-state index contributed by atoms with van der Waals surface area (Å²) < 4.78 is 0. The molecular formula is C11H14OS. The molecule has 0 saturated heterocycles. The van der Waals surface area contributed by atoms with E-state index in [-0.39, 0.29) is 5.78 Å². The maximum atomic E-state index is 10.8. The zero-order valence-electron chi connectivity index (χ0n) is 8.04. The van der Waals surface area contributed by atoms with Crippen LogP contribution in [0, 0.1) is 0 Å². The summed E-state index contributed by atoms with van der Waals surface area (Å²) in [4.78, 5) is 12.0. The van der Waals surface area contributed by atoms with E-state index in [1.54, 1.807) is 18.7 Å². The molecular weight excluding hydrogens is 180 g/mol. The number of aryl methyl sites for hydroxylation is 1. The Morgan fingerprint density at radius 1 is 1.46 bits per heavy atom. The third-order valence-electron chi connectivity index (χ3n) is 1.90. The number of thioether (sulfide) groups is 1. The number of ketones is 1. The second-order valence-corrected chi connectivity index (χ2v) is 3.93. The van der Waals surface area contributed by atoms with Crippen molar-refractivity contribution in [3.8, 4) is 0 Å². The molecule has 1 aromatic carbocycles. The summed E-state index contributed by atoms with van der Waals surface area (Å²) in [6.45, 7) is 1.64. The first-order valence-corrected chi connectivity index (χ1v) is 5.57. The molecule has 2 heteroatoms. The van der Waals surface area contributed by atoms with Crippen LogP contribution in [0.5, 0.6) is 0 Å². The van der Waals surface area contributed by atoms with Crippen molar-refractivity contribution in [3.63, 3.8) is 0 Å². The van der Waals surface area contributed by atoms with Crippen LogP contribution in [0.15, 0.2) is 29.2 Å². The number of hydrogen-bond donors (Lipinski definition) is 0. The van der Waals surface area contributed by atoms with Crippen LogP contribution in [0.4, 0.5) is 0 Å². The van der Waals surface area contributed by atoms with Gasteiger partial charge in [0.2, 0.25) is 0 Å². The summed E-state index contributed by atoms with van der Waals surface area (Å²) in [7, 11) is 0. The van der Waals surface area contributed by atoms with E-state index in [2.05, 4.69) is 24.5 Å². The summed E-state index contributed by atoms with van der Waals surface area (Å²) in [6.07, 6.45) is 3.58. The van der Waals surface area contributed by atoms with Gasteiger partial charge in [-0.1, -0.05) is 12.1 Å². The van der Waals surface area contributed by atoms with E-state index in [0.717, 1.165) is 6.42 Å². The fraction of sp³-hybridized carbons (Fsp3) is 0.364. The number of benzene rings is 1. The van der Waals surface area contributed by atoms with Crippen LogP contribution >= 0.6 is 11.8 Å². The van der Waals surface area contributed by atoms with Crippen LogP contribution in [0.3, 0.4) is 0 Å². The molecule has 13 heavy (non-hydrogen) atoms. The maximum absolute atomic E-state index is 10.8. The van der Waals surface area contributed by atoms with Gasteiger partial charge in [-0.2, -0.15) is 0 Å². The average molecular weight is 194 g/mol. The normalized spacial score (nSPS) is 10.0. The number of carbonyl (C=O) groups is 1. The van der Waals surface area contributed by atoms with Crippen LogP contribution in [0.25, 0.3) is 0 Å². The van der Waals surface area contributed by atoms with Gasteiger partial charge in [0.05, 0.1) is 0 Å². The number of Topliss-reactive ketones (excluding diaryl/α,β-unsaturated/α-hetero) is 1. The van der Waals surface area contributed by atoms with Crippen molar-refractivity contribution >= 4 is 17.5 Å². The number of hydrogen-bond acceptors (Lipinski definition) is 2. The highest BCUT2D eigenvalue weighted by atomic mass is 32.2. The molecule has 0 radical (unpaired) electrons. The SMILES string of the molecule is CSc1cccc(CCC(C)=O)c1. The van der Waals surface area contributed by atoms with Gasteiger partial charge in [-0.25, -0.2) is 0 Å². The standard InChI is InChI=1S/C11H14OS/c1-9(12)6-7-10-4-3-5-11(8-10)13-2/h3-5,8H,6-7H2,1-2H3. The molecule has 1 nitrogen and oxygen atoms in total. The molecule has 70 valence electrons. The Bertz CT molecular complexity index is 294. The van der Waals surface area contributed by atoms with Crippen molar-refractivity contribution in [1.29, 1.82) is 0 Å². The lowest BCUT2D eigenvalue weighted by atomic mass is 10.1. The highest BCUT2D eigenvalue weighted by Crippen LogP contribution is 2.16. The van der Waals surface area contributed by atoms with Gasteiger partial charge in [0.25, 0.3) is 0 Å². The molecule has 0 aromatic heterocycles. The quantitative estimate of drug-likeness (QED) is 0.685. The topological polar surface area (TPSA) is 17.1 Å². The van der Waals surface area contributed by atoms with Gasteiger partial charge in [0.1, 0.15) is 5.78 Å². The van der Waals surface area contributed by atoms with Gasteiger partial charge >= 0.3 is 0 Å². The van der Waals surface area contributed by atoms with E-state index in [1.807, 2.05) is 6.07 Å². The van der Waals surface area contributed by atoms with E-state index in [4.69, 9.17) is 0 Å². The predicted octanol–water partition coefficient (Wildman–Crippen LogP) is 2.93. The molecule has 0 atom stereocenters. The largest absolute Gasteiger partial charge is 0.300 e. The van der Waals surface area contributed by atoms with Gasteiger partial charge < -0.3 is 4.79 Å². The molecule has 1 rings (SSSR count). The molecule has 0 fully saturated rings. The molecule has 0 aliphatic carbocycles. The number of rotatable bonds is 4. The van der Waals surface area contributed by atoms with Gasteiger partial charge in [-0.05, 0) is 37.3 Å². The summed E-state index contributed by atoms with van der Waals surface area (Å²) in [5.41, 5.74) is 1.25. The summed E-state index contributed by atoms with van der Waals surface area (Å²) >= 11 is 1.73. The van der Waals surface area contributed by atoms with Crippen molar-refractivity contribution in [2.75, 3.05) is 6.26 Å². The second kappa shape index (κ2) is 5.07. The molecule has 0 amide bonds. The van der Waals surface area contributed by atoms with Crippen molar-refractivity contribution < 1.29 is 4.79 Å². The minimum Gasteiger partial charge on any atom is -0.300 e. The molecule has 0 saturated carbocycles. The van der Waals surface area contributed by atoms with Crippen molar-refractivity contribution in [2.45, 2.75) is 24.7 Å². The molecule has 0 aliphatic heterocycles. The van der Waals surface area contributed by atoms with E-state index in [0.29, 0.717) is 6.42 Å². The third-order valence-corrected chi connectivity index (χ3v) is 2.63. The van der Waals surface area contributed by atoms with E-state index in [9.17, 15) is 4.79 Å². The Balaban J connectivity index is 2.61. The first kappa shape index (κ1) is 10.3. The molecule has 0 spiro atoms. The van der Waals surface area contributed by atoms with Crippen molar-refractivity contribution in [2.24, 2.45) is 0 Å². The maximum Gasteiger partial charge on any atom is 0.130 e. The van der Waals surface area contributed by atoms with Gasteiger partial charge in [0.15, 0.2) is 0 Å². The van der Waals surface area contributed by atoms with Gasteiger partial charge in [-0.3, -0.25) is 0 Å². The molecule has 0 N–H and O–H groups in total. The summed E-state index contributed by atoms with van der Waals surface area (Å²) in [6, 6.07) is 8.35. The Morgan fingerprint density at radius 3 is 2.85 bits per heavy atom. The first-order valence-electron chi connectivity index (χ1n) is 4.34. The zero-order valence-corrected chi connectivity index (χ0v) is 8.86. The van der Waals surface area contributed by atoms with Crippen LogP contribution in [0.1, 0.15) is 18.9 Å². The fourth-order valence-corrected chi connectivity index (χ4v) is 1.63. The second-order valence-electron chi connectivity index (χ2n) is 3.05. The van der Waals surface area contributed by atoms with Crippen LogP contribution < -0.4 is 0 Å². The van der Waals surface area contributed by atoms with E-state index < -0.39 is 0 Å². The summed E-state index contributed by atoms with van der Waals surface area (Å²) in [5, 5.41) is 0. The minimum atomic E-state index is 0.259. The Hall–Kier alpha value is -0.760. The Kier molecular flexibility index (Phi) is 4.03. The molecule has 0 aliphatic rings. The Morgan fingerprint density at radius 2 is 2.23 bits per heavy atom. The summed E-state index contributed by atoms with van der Waals surface area (Å²) in [5.74, 6) is 0.259. The monoisotopic (exact) mass is 194 g/mol. The molecule has 1 aromatic rings. The lowest BCUT2D eigenvalue weighted by Gasteiger charge is -2.01. The van der Waals surface area contributed by atoms with Crippen LogP contribution in [-0.2, 0) is 11.2 Å². The first-order chi connectivity index (χ1) is 6.22. The van der Waals surface area contributed by atoms with Crippen LogP contribution in [-0.4, -0.2) is 12.0 Å². The smallest absolute Gasteiger partial charge is 0.130 e. The van der Waals surface area contributed by atoms with Gasteiger partial charge in [-0.15, -0.1) is 11.8 Å². The molecule has 0 unspecified atom stereocenters. The van der Waals surface area contributed by atoms with Crippen molar-refractivity contribution in [3.05, 3.63) is 29.8 Å². The molecule has 0 bridgehead atoms. The zero-order chi connectivity index (χ0) is 9.68. The fourth-order valence-electron chi connectivity index (χ4n) is 1.15. The van der Waals surface area contributed by atoms with Crippen LogP contribution in [0.2, 0.25) is 0 Å². The third kappa shape index (κ3) is 3.64. The number of carbonyl (C=O) groups excluding carboxylic acids is 1. The Labute approximate surface area is 83.5 Å².